The number of aromatic nitrogens is 3. The second-order valence-corrected chi connectivity index (χ2v) is 4.38. The number of hydrogen-bond acceptors (Lipinski definition) is 2. The van der Waals surface area contributed by atoms with Gasteiger partial charge in [0.25, 0.3) is 0 Å². The van der Waals surface area contributed by atoms with Gasteiger partial charge in [-0.15, -0.1) is 0 Å². The largest absolute Gasteiger partial charge is 0.187 e. The Bertz CT molecular complexity index is 538. The Morgan fingerprint density at radius 1 is 1.00 bits per heavy atom. The molecule has 3 nitrogen and oxygen atoms in total. The highest BCUT2D eigenvalue weighted by atomic mass is 15.5. The molecular weight excluding hydrogens is 198 g/mol. The molecule has 0 unspecified atom stereocenters. The minimum absolute atomic E-state index is 0.982. The second-order valence-electron chi connectivity index (χ2n) is 4.38. The molecule has 0 amide bonds. The van der Waals surface area contributed by atoms with Crippen LogP contribution in [0.4, 0.5) is 0 Å². The van der Waals surface area contributed by atoms with Crippen LogP contribution in [0.25, 0.3) is 11.3 Å². The molecule has 0 aliphatic carbocycles. The van der Waals surface area contributed by atoms with E-state index in [9.17, 15) is 0 Å². The molecule has 3 heteroatoms. The lowest BCUT2D eigenvalue weighted by atomic mass is 9.97. The monoisotopic (exact) mass is 215 g/mol. The van der Waals surface area contributed by atoms with Gasteiger partial charge in [0.15, 0.2) is 0 Å². The summed E-state index contributed by atoms with van der Waals surface area (Å²) >= 11 is 0. The summed E-state index contributed by atoms with van der Waals surface area (Å²) in [5.74, 6) is 0. The highest BCUT2D eigenvalue weighted by Crippen LogP contribution is 2.27. The third kappa shape index (κ3) is 1.73. The summed E-state index contributed by atoms with van der Waals surface area (Å²) in [6.07, 6.45) is 0. The maximum atomic E-state index is 4.43. The second kappa shape index (κ2) is 3.74. The van der Waals surface area contributed by atoms with Gasteiger partial charge in [0, 0.05) is 12.6 Å². The van der Waals surface area contributed by atoms with Crippen molar-refractivity contribution in [1.29, 1.82) is 0 Å². The number of benzene rings is 1. The maximum absolute atomic E-state index is 4.43. The molecule has 1 aromatic carbocycles. The van der Waals surface area contributed by atoms with E-state index in [4.69, 9.17) is 0 Å². The first-order chi connectivity index (χ1) is 7.49. The van der Waals surface area contributed by atoms with E-state index in [1.165, 1.54) is 22.3 Å². The van der Waals surface area contributed by atoms with Crippen LogP contribution in [0.2, 0.25) is 0 Å². The average Bonchev–Trinajstić information content (AvgIpc) is 2.51. The Labute approximate surface area is 96.1 Å². The fraction of sp³-hybridized carbons (Fsp3) is 0.385. The van der Waals surface area contributed by atoms with Gasteiger partial charge in [-0.1, -0.05) is 11.6 Å². The number of aryl methyl sites for hydroxylation is 4. The summed E-state index contributed by atoms with van der Waals surface area (Å²) in [6, 6.07) is 4.38. The minimum Gasteiger partial charge on any atom is -0.187 e. The number of hydrogen-bond donors (Lipinski definition) is 0. The first-order valence-corrected chi connectivity index (χ1v) is 5.45. The van der Waals surface area contributed by atoms with Crippen molar-refractivity contribution in [2.24, 2.45) is 7.05 Å². The van der Waals surface area contributed by atoms with Gasteiger partial charge in [0.1, 0.15) is 5.69 Å². The molecule has 2 aromatic rings. The van der Waals surface area contributed by atoms with Crippen molar-refractivity contribution in [2.75, 3.05) is 0 Å². The molecule has 2 rings (SSSR count). The van der Waals surface area contributed by atoms with E-state index in [0.717, 1.165) is 11.4 Å². The molecule has 0 saturated carbocycles. The highest BCUT2D eigenvalue weighted by molar-refractivity contribution is 5.67. The van der Waals surface area contributed by atoms with Gasteiger partial charge < -0.3 is 0 Å². The third-order valence-electron chi connectivity index (χ3n) is 2.95. The van der Waals surface area contributed by atoms with Crippen molar-refractivity contribution in [3.8, 4) is 11.3 Å². The van der Waals surface area contributed by atoms with Crippen molar-refractivity contribution in [2.45, 2.75) is 27.7 Å². The zero-order valence-electron chi connectivity index (χ0n) is 10.5. The van der Waals surface area contributed by atoms with E-state index in [0.29, 0.717) is 0 Å². The Morgan fingerprint density at radius 3 is 2.25 bits per heavy atom. The van der Waals surface area contributed by atoms with Crippen LogP contribution in [0, 0.1) is 27.7 Å². The summed E-state index contributed by atoms with van der Waals surface area (Å²) in [6.45, 7) is 8.39. The van der Waals surface area contributed by atoms with Crippen molar-refractivity contribution in [3.63, 3.8) is 0 Å². The molecule has 0 bridgehead atoms. The van der Waals surface area contributed by atoms with Gasteiger partial charge in [-0.25, -0.2) is 0 Å². The van der Waals surface area contributed by atoms with Crippen molar-refractivity contribution >= 4 is 0 Å². The molecule has 1 heterocycles. The SMILES string of the molecule is Cc1cc(C)c(C)c(-c2nn(C)nc2C)c1. The zero-order valence-corrected chi connectivity index (χ0v) is 10.5. The molecule has 0 aliphatic rings. The van der Waals surface area contributed by atoms with Crippen molar-refractivity contribution < 1.29 is 0 Å². The molecular formula is C13H17N3. The molecule has 1 aromatic heterocycles. The Morgan fingerprint density at radius 2 is 1.69 bits per heavy atom. The van der Waals surface area contributed by atoms with Crippen molar-refractivity contribution in [3.05, 3.63) is 34.5 Å². The maximum Gasteiger partial charge on any atom is 0.116 e. The van der Waals surface area contributed by atoms with Crippen LogP contribution in [-0.4, -0.2) is 15.0 Å². The van der Waals surface area contributed by atoms with Crippen LogP contribution in [0.5, 0.6) is 0 Å². The van der Waals surface area contributed by atoms with Crippen LogP contribution < -0.4 is 0 Å². The molecule has 0 atom stereocenters. The number of rotatable bonds is 1. The summed E-state index contributed by atoms with van der Waals surface area (Å²) in [5.41, 5.74) is 7.03. The lowest BCUT2D eigenvalue weighted by Crippen LogP contribution is -1.93. The Kier molecular flexibility index (Phi) is 2.54. The van der Waals surface area contributed by atoms with Gasteiger partial charge in [-0.05, 0) is 44.9 Å². The fourth-order valence-electron chi connectivity index (χ4n) is 2.04. The molecule has 0 saturated heterocycles. The predicted molar refractivity (Wildman–Crippen MR) is 65.4 cm³/mol. The van der Waals surface area contributed by atoms with Crippen LogP contribution in [0.15, 0.2) is 12.1 Å². The van der Waals surface area contributed by atoms with Gasteiger partial charge >= 0.3 is 0 Å². The lowest BCUT2D eigenvalue weighted by Gasteiger charge is -2.08. The minimum atomic E-state index is 0.982. The third-order valence-corrected chi connectivity index (χ3v) is 2.95. The Balaban J connectivity index is 2.68. The van der Waals surface area contributed by atoms with E-state index in [1.807, 2.05) is 14.0 Å². The zero-order chi connectivity index (χ0) is 11.9. The first kappa shape index (κ1) is 10.9. The lowest BCUT2D eigenvalue weighted by molar-refractivity contribution is 0.650. The van der Waals surface area contributed by atoms with Crippen LogP contribution in [-0.2, 0) is 7.05 Å². The standard InChI is InChI=1S/C13H17N3/c1-8-6-9(2)10(3)12(7-8)13-11(4)14-16(5)15-13/h6-7H,1-5H3. The number of nitrogens with zero attached hydrogens (tertiary/aromatic N) is 3. The van der Waals surface area contributed by atoms with Gasteiger partial charge in [0.2, 0.25) is 0 Å². The highest BCUT2D eigenvalue weighted by Gasteiger charge is 2.12. The normalized spacial score (nSPS) is 10.8. The predicted octanol–water partition coefficient (Wildman–Crippen LogP) is 2.72. The van der Waals surface area contributed by atoms with Gasteiger partial charge in [-0.3, -0.25) is 0 Å². The quantitative estimate of drug-likeness (QED) is 0.732. The van der Waals surface area contributed by atoms with Crippen molar-refractivity contribution in [1.82, 2.24) is 15.0 Å². The molecule has 0 aliphatic heterocycles. The Hall–Kier alpha value is -1.64. The summed E-state index contributed by atoms with van der Waals surface area (Å²) in [4.78, 5) is 1.63. The first-order valence-electron chi connectivity index (χ1n) is 5.45. The summed E-state index contributed by atoms with van der Waals surface area (Å²) < 4.78 is 0. The summed E-state index contributed by atoms with van der Waals surface area (Å²) in [7, 11) is 1.86. The average molecular weight is 215 g/mol. The van der Waals surface area contributed by atoms with Gasteiger partial charge in [0.05, 0.1) is 5.69 Å². The van der Waals surface area contributed by atoms with Crippen LogP contribution in [0.3, 0.4) is 0 Å². The van der Waals surface area contributed by atoms with E-state index >= 15 is 0 Å². The van der Waals surface area contributed by atoms with E-state index in [1.54, 1.807) is 4.80 Å². The van der Waals surface area contributed by atoms with E-state index < -0.39 is 0 Å². The molecule has 16 heavy (non-hydrogen) atoms. The van der Waals surface area contributed by atoms with Crippen LogP contribution in [0.1, 0.15) is 22.4 Å². The molecule has 0 N–H and O–H groups in total. The van der Waals surface area contributed by atoms with Crippen LogP contribution >= 0.6 is 0 Å². The molecule has 0 radical (unpaired) electrons. The molecule has 0 spiro atoms. The van der Waals surface area contributed by atoms with E-state index in [2.05, 4.69) is 43.1 Å². The fourth-order valence-corrected chi connectivity index (χ4v) is 2.04. The van der Waals surface area contributed by atoms with E-state index in [-0.39, 0.29) is 0 Å². The van der Waals surface area contributed by atoms with Gasteiger partial charge in [-0.2, -0.15) is 15.0 Å². The topological polar surface area (TPSA) is 30.7 Å². The molecule has 84 valence electrons. The smallest absolute Gasteiger partial charge is 0.116 e. The molecule has 0 fully saturated rings. The summed E-state index contributed by atoms with van der Waals surface area (Å²) in [5, 5.41) is 8.72.